The van der Waals surface area contributed by atoms with E-state index in [1.165, 1.54) is 5.69 Å². The van der Waals surface area contributed by atoms with Crippen LogP contribution in [0.15, 0.2) is 24.4 Å². The highest BCUT2D eigenvalue weighted by molar-refractivity contribution is 5.10. The number of nitrogens with one attached hydrogen (secondary N) is 1. The van der Waals surface area contributed by atoms with Crippen molar-refractivity contribution < 1.29 is 0 Å². The Morgan fingerprint density at radius 2 is 1.95 bits per heavy atom. The maximum Gasteiger partial charge on any atom is 0.0572 e. The third-order valence-corrected chi connectivity index (χ3v) is 4.82. The van der Waals surface area contributed by atoms with E-state index in [4.69, 9.17) is 0 Å². The summed E-state index contributed by atoms with van der Waals surface area (Å²) >= 11 is 0. The smallest absolute Gasteiger partial charge is 0.0572 e. The SMILES string of the molecule is CC(C)C1CNC(C(C)(C)C)CN1C(C)c1ccccn1. The van der Waals surface area contributed by atoms with Gasteiger partial charge in [0.05, 0.1) is 5.69 Å². The normalized spacial score (nSPS) is 26.0. The molecule has 3 atom stereocenters. The highest BCUT2D eigenvalue weighted by Gasteiger charge is 2.37. The van der Waals surface area contributed by atoms with Crippen LogP contribution in [0.1, 0.15) is 53.3 Å². The first-order valence-corrected chi connectivity index (χ1v) is 8.20. The van der Waals surface area contributed by atoms with Crippen molar-refractivity contribution in [2.45, 2.75) is 59.7 Å². The largest absolute Gasteiger partial charge is 0.311 e. The Hall–Kier alpha value is -0.930. The lowest BCUT2D eigenvalue weighted by Gasteiger charge is -2.48. The third-order valence-electron chi connectivity index (χ3n) is 4.82. The van der Waals surface area contributed by atoms with Gasteiger partial charge in [0.15, 0.2) is 0 Å². The Morgan fingerprint density at radius 1 is 1.24 bits per heavy atom. The van der Waals surface area contributed by atoms with Gasteiger partial charge in [0.1, 0.15) is 0 Å². The van der Waals surface area contributed by atoms with Gasteiger partial charge in [-0.3, -0.25) is 9.88 Å². The van der Waals surface area contributed by atoms with E-state index < -0.39 is 0 Å². The Bertz CT molecular complexity index is 436. The van der Waals surface area contributed by atoms with Crippen LogP contribution in [0.25, 0.3) is 0 Å². The predicted molar refractivity (Wildman–Crippen MR) is 89.2 cm³/mol. The van der Waals surface area contributed by atoms with E-state index in [2.05, 4.69) is 68.9 Å². The van der Waals surface area contributed by atoms with E-state index in [1.807, 2.05) is 12.3 Å². The van der Waals surface area contributed by atoms with E-state index in [1.54, 1.807) is 0 Å². The molecule has 2 rings (SSSR count). The maximum absolute atomic E-state index is 4.57. The van der Waals surface area contributed by atoms with Crippen molar-refractivity contribution in [3.05, 3.63) is 30.1 Å². The fourth-order valence-electron chi connectivity index (χ4n) is 3.23. The minimum atomic E-state index is 0.282. The van der Waals surface area contributed by atoms with E-state index in [0.717, 1.165) is 13.1 Å². The summed E-state index contributed by atoms with van der Waals surface area (Å²) in [4.78, 5) is 7.22. The second-order valence-electron chi connectivity index (χ2n) is 7.77. The van der Waals surface area contributed by atoms with Gasteiger partial charge < -0.3 is 5.32 Å². The van der Waals surface area contributed by atoms with Crippen LogP contribution in [0.3, 0.4) is 0 Å². The van der Waals surface area contributed by atoms with E-state index in [0.29, 0.717) is 24.0 Å². The molecule has 21 heavy (non-hydrogen) atoms. The molecular weight excluding hydrogens is 258 g/mol. The Kier molecular flexibility index (Phi) is 5.05. The molecule has 2 heterocycles. The van der Waals surface area contributed by atoms with Crippen LogP contribution < -0.4 is 5.32 Å². The molecule has 1 saturated heterocycles. The van der Waals surface area contributed by atoms with E-state index in [-0.39, 0.29) is 5.41 Å². The topological polar surface area (TPSA) is 28.2 Å². The van der Waals surface area contributed by atoms with Gasteiger partial charge in [0.25, 0.3) is 0 Å². The number of piperazine rings is 1. The number of hydrogen-bond acceptors (Lipinski definition) is 3. The summed E-state index contributed by atoms with van der Waals surface area (Å²) < 4.78 is 0. The zero-order valence-corrected chi connectivity index (χ0v) is 14.4. The number of hydrogen-bond donors (Lipinski definition) is 1. The quantitative estimate of drug-likeness (QED) is 0.923. The summed E-state index contributed by atoms with van der Waals surface area (Å²) in [7, 11) is 0. The van der Waals surface area contributed by atoms with Crippen LogP contribution in [0, 0.1) is 11.3 Å². The summed E-state index contributed by atoms with van der Waals surface area (Å²) in [6, 6.07) is 7.69. The molecule has 0 aromatic carbocycles. The minimum absolute atomic E-state index is 0.282. The predicted octanol–water partition coefficient (Wildman–Crippen LogP) is 3.49. The van der Waals surface area contributed by atoms with Crippen molar-refractivity contribution >= 4 is 0 Å². The summed E-state index contributed by atoms with van der Waals surface area (Å²) in [5.41, 5.74) is 1.46. The zero-order valence-electron chi connectivity index (χ0n) is 14.4. The van der Waals surface area contributed by atoms with Gasteiger partial charge in [-0.2, -0.15) is 0 Å². The van der Waals surface area contributed by atoms with Crippen LogP contribution >= 0.6 is 0 Å². The van der Waals surface area contributed by atoms with Gasteiger partial charge in [-0.1, -0.05) is 40.7 Å². The second kappa shape index (κ2) is 6.45. The molecule has 0 radical (unpaired) electrons. The summed E-state index contributed by atoms with van der Waals surface area (Å²) in [6.07, 6.45) is 1.90. The molecule has 0 aliphatic carbocycles. The maximum atomic E-state index is 4.57. The van der Waals surface area contributed by atoms with Crippen molar-refractivity contribution in [2.24, 2.45) is 11.3 Å². The lowest BCUT2D eigenvalue weighted by Crippen LogP contribution is -2.62. The van der Waals surface area contributed by atoms with Crippen LogP contribution in [0.5, 0.6) is 0 Å². The Labute approximate surface area is 130 Å². The zero-order chi connectivity index (χ0) is 15.6. The molecular formula is C18H31N3. The lowest BCUT2D eigenvalue weighted by molar-refractivity contribution is 0.0327. The molecule has 0 amide bonds. The van der Waals surface area contributed by atoms with Gasteiger partial charge >= 0.3 is 0 Å². The molecule has 118 valence electrons. The van der Waals surface area contributed by atoms with E-state index >= 15 is 0 Å². The third kappa shape index (κ3) is 3.83. The van der Waals surface area contributed by atoms with Gasteiger partial charge in [-0.15, -0.1) is 0 Å². The van der Waals surface area contributed by atoms with Crippen LogP contribution in [-0.4, -0.2) is 35.1 Å². The van der Waals surface area contributed by atoms with Crippen LogP contribution in [-0.2, 0) is 0 Å². The molecule has 1 aliphatic rings. The van der Waals surface area contributed by atoms with E-state index in [9.17, 15) is 0 Å². The average molecular weight is 289 g/mol. The number of nitrogens with zero attached hydrogens (tertiary/aromatic N) is 2. The highest BCUT2D eigenvalue weighted by atomic mass is 15.3. The minimum Gasteiger partial charge on any atom is -0.311 e. The molecule has 1 N–H and O–H groups in total. The standard InChI is InChI=1S/C18H31N3/c1-13(2)16-11-20-17(18(4,5)6)12-21(16)14(3)15-9-7-8-10-19-15/h7-10,13-14,16-17,20H,11-12H2,1-6H3. The Balaban J connectivity index is 2.22. The molecule has 1 aromatic rings. The fraction of sp³-hybridized carbons (Fsp3) is 0.722. The average Bonchev–Trinajstić information content (AvgIpc) is 2.45. The molecule has 1 fully saturated rings. The molecule has 3 heteroatoms. The van der Waals surface area contributed by atoms with Crippen molar-refractivity contribution in [3.8, 4) is 0 Å². The first-order chi connectivity index (χ1) is 9.80. The molecule has 3 unspecified atom stereocenters. The van der Waals surface area contributed by atoms with Gasteiger partial charge in [-0.05, 0) is 30.4 Å². The van der Waals surface area contributed by atoms with Crippen molar-refractivity contribution in [1.82, 2.24) is 15.2 Å². The number of rotatable bonds is 3. The molecule has 0 bridgehead atoms. The summed E-state index contributed by atoms with van der Waals surface area (Å²) in [5.74, 6) is 0.643. The van der Waals surface area contributed by atoms with Crippen molar-refractivity contribution in [3.63, 3.8) is 0 Å². The molecule has 0 saturated carbocycles. The van der Waals surface area contributed by atoms with Gasteiger partial charge in [0, 0.05) is 37.4 Å². The van der Waals surface area contributed by atoms with Crippen LogP contribution in [0.4, 0.5) is 0 Å². The fourth-order valence-corrected chi connectivity index (χ4v) is 3.23. The number of aromatic nitrogens is 1. The second-order valence-corrected chi connectivity index (χ2v) is 7.77. The monoisotopic (exact) mass is 289 g/mol. The highest BCUT2D eigenvalue weighted by Crippen LogP contribution is 2.31. The number of pyridine rings is 1. The summed E-state index contributed by atoms with van der Waals surface area (Å²) in [6.45, 7) is 16.1. The molecule has 1 aromatic heterocycles. The van der Waals surface area contributed by atoms with Gasteiger partial charge in [0.2, 0.25) is 0 Å². The first kappa shape index (κ1) is 16.4. The molecule has 3 nitrogen and oxygen atoms in total. The van der Waals surface area contributed by atoms with Crippen molar-refractivity contribution in [1.29, 1.82) is 0 Å². The lowest BCUT2D eigenvalue weighted by atomic mass is 9.83. The van der Waals surface area contributed by atoms with Crippen LogP contribution in [0.2, 0.25) is 0 Å². The summed E-state index contributed by atoms with van der Waals surface area (Å²) in [5, 5.41) is 3.76. The van der Waals surface area contributed by atoms with Gasteiger partial charge in [-0.25, -0.2) is 0 Å². The molecule has 1 aliphatic heterocycles. The van der Waals surface area contributed by atoms with Crippen molar-refractivity contribution in [2.75, 3.05) is 13.1 Å². The Morgan fingerprint density at radius 3 is 2.48 bits per heavy atom. The molecule has 0 spiro atoms. The first-order valence-electron chi connectivity index (χ1n) is 8.20.